The van der Waals surface area contributed by atoms with Crippen LogP contribution in [-0.4, -0.2) is 26.5 Å². The van der Waals surface area contributed by atoms with Gasteiger partial charge in [0.1, 0.15) is 11.4 Å². The van der Waals surface area contributed by atoms with Crippen molar-refractivity contribution < 1.29 is 18.3 Å². The van der Waals surface area contributed by atoms with Gasteiger partial charge in [0.25, 0.3) is 0 Å². The topological polar surface area (TPSA) is 74.1 Å². The first-order chi connectivity index (χ1) is 11.4. The standard InChI is InChI=1S/C15H11F2N3O3S/c1-3-23-14(22)9-6-20(15-18-7(2)19-24-15)12-5-11(17)10(16)4-8(12)13(9)21/h4-6H,3H2,1-2H3. The lowest BCUT2D eigenvalue weighted by Crippen LogP contribution is -2.21. The van der Waals surface area contributed by atoms with Crippen LogP contribution in [0.5, 0.6) is 0 Å². The summed E-state index contributed by atoms with van der Waals surface area (Å²) >= 11 is 0.999. The summed E-state index contributed by atoms with van der Waals surface area (Å²) < 4.78 is 37.4. The van der Waals surface area contributed by atoms with Crippen molar-refractivity contribution in [2.75, 3.05) is 6.61 Å². The minimum absolute atomic E-state index is 0.0754. The van der Waals surface area contributed by atoms with E-state index in [1.54, 1.807) is 13.8 Å². The predicted molar refractivity (Wildman–Crippen MR) is 83.6 cm³/mol. The van der Waals surface area contributed by atoms with Crippen molar-refractivity contribution in [2.24, 2.45) is 0 Å². The van der Waals surface area contributed by atoms with Gasteiger partial charge < -0.3 is 4.74 Å². The molecule has 124 valence electrons. The summed E-state index contributed by atoms with van der Waals surface area (Å²) in [5, 5.41) is 0.168. The minimum atomic E-state index is -1.18. The number of rotatable bonds is 3. The molecular weight excluding hydrogens is 340 g/mol. The predicted octanol–water partition coefficient (Wildman–Crippen LogP) is 2.61. The molecule has 0 spiro atoms. The molecule has 0 amide bonds. The summed E-state index contributed by atoms with van der Waals surface area (Å²) in [5.41, 5.74) is -0.939. The maximum absolute atomic E-state index is 13.6. The van der Waals surface area contributed by atoms with E-state index in [2.05, 4.69) is 9.36 Å². The third-order valence-electron chi connectivity index (χ3n) is 3.26. The molecule has 0 fully saturated rings. The van der Waals surface area contributed by atoms with Crippen molar-refractivity contribution in [1.29, 1.82) is 0 Å². The van der Waals surface area contributed by atoms with Crippen molar-refractivity contribution in [3.63, 3.8) is 0 Å². The molecular formula is C15H11F2N3O3S. The fourth-order valence-corrected chi connectivity index (χ4v) is 2.88. The van der Waals surface area contributed by atoms with E-state index < -0.39 is 23.0 Å². The number of aromatic nitrogens is 3. The van der Waals surface area contributed by atoms with Crippen LogP contribution in [0.2, 0.25) is 0 Å². The fraction of sp³-hybridized carbons (Fsp3) is 0.200. The number of carbonyl (C=O) groups is 1. The van der Waals surface area contributed by atoms with E-state index in [9.17, 15) is 18.4 Å². The highest BCUT2D eigenvalue weighted by Gasteiger charge is 2.20. The number of nitrogens with zero attached hydrogens (tertiary/aromatic N) is 3. The second-order valence-electron chi connectivity index (χ2n) is 4.87. The zero-order valence-corrected chi connectivity index (χ0v) is 13.5. The molecule has 0 N–H and O–H groups in total. The molecule has 2 heterocycles. The summed E-state index contributed by atoms with van der Waals surface area (Å²) in [6.07, 6.45) is 1.21. The monoisotopic (exact) mass is 351 g/mol. The summed E-state index contributed by atoms with van der Waals surface area (Å²) in [4.78, 5) is 28.6. The molecule has 0 unspecified atom stereocenters. The Labute approximate surface area is 138 Å². The molecule has 0 bridgehead atoms. The van der Waals surface area contributed by atoms with Crippen LogP contribution in [0.4, 0.5) is 8.78 Å². The first kappa shape index (κ1) is 16.2. The van der Waals surface area contributed by atoms with Crippen molar-refractivity contribution in [3.05, 3.63) is 51.6 Å². The van der Waals surface area contributed by atoms with Gasteiger partial charge in [-0.2, -0.15) is 4.37 Å². The maximum Gasteiger partial charge on any atom is 0.343 e. The Morgan fingerprint density at radius 2 is 2.04 bits per heavy atom. The zero-order chi connectivity index (χ0) is 17.4. The number of aryl methyl sites for hydroxylation is 1. The molecule has 3 rings (SSSR count). The summed E-state index contributed by atoms with van der Waals surface area (Å²) in [6, 6.07) is 1.65. The van der Waals surface area contributed by atoms with E-state index in [0.717, 1.165) is 23.7 Å². The van der Waals surface area contributed by atoms with E-state index in [0.29, 0.717) is 11.0 Å². The quantitative estimate of drug-likeness (QED) is 0.678. The van der Waals surface area contributed by atoms with Gasteiger partial charge >= 0.3 is 5.97 Å². The molecule has 3 aromatic rings. The number of halogens is 2. The van der Waals surface area contributed by atoms with Crippen LogP contribution in [0.1, 0.15) is 23.1 Å². The average molecular weight is 351 g/mol. The number of pyridine rings is 1. The van der Waals surface area contributed by atoms with E-state index in [4.69, 9.17) is 4.74 Å². The number of hydrogen-bond donors (Lipinski definition) is 0. The molecule has 0 atom stereocenters. The molecule has 6 nitrogen and oxygen atoms in total. The van der Waals surface area contributed by atoms with Gasteiger partial charge in [0.15, 0.2) is 11.6 Å². The van der Waals surface area contributed by atoms with Gasteiger partial charge in [0.05, 0.1) is 17.5 Å². The number of hydrogen-bond acceptors (Lipinski definition) is 6. The average Bonchev–Trinajstić information content (AvgIpc) is 2.96. The Balaban J connectivity index is 2.40. The van der Waals surface area contributed by atoms with Crippen LogP contribution in [0.25, 0.3) is 16.0 Å². The highest BCUT2D eigenvalue weighted by molar-refractivity contribution is 7.08. The van der Waals surface area contributed by atoms with Crippen molar-refractivity contribution >= 4 is 28.4 Å². The van der Waals surface area contributed by atoms with Gasteiger partial charge in [-0.25, -0.2) is 18.6 Å². The van der Waals surface area contributed by atoms with Gasteiger partial charge in [-0.15, -0.1) is 0 Å². The largest absolute Gasteiger partial charge is 0.462 e. The number of fused-ring (bicyclic) bond motifs is 1. The fourth-order valence-electron chi connectivity index (χ4n) is 2.22. The summed E-state index contributed by atoms with van der Waals surface area (Å²) in [7, 11) is 0. The Hall–Kier alpha value is -2.68. The molecule has 0 saturated carbocycles. The zero-order valence-electron chi connectivity index (χ0n) is 12.7. The normalized spacial score (nSPS) is 11.0. The molecule has 2 aromatic heterocycles. The molecule has 0 saturated heterocycles. The highest BCUT2D eigenvalue weighted by Crippen LogP contribution is 2.22. The Morgan fingerprint density at radius 3 is 2.67 bits per heavy atom. The van der Waals surface area contributed by atoms with Crippen LogP contribution < -0.4 is 5.43 Å². The molecule has 0 aliphatic heterocycles. The maximum atomic E-state index is 13.6. The van der Waals surface area contributed by atoms with E-state index in [1.807, 2.05) is 0 Å². The molecule has 0 aliphatic rings. The SMILES string of the molecule is CCOC(=O)c1cn(-c2nc(C)ns2)c2cc(F)c(F)cc2c1=O. The second-order valence-corrected chi connectivity index (χ2v) is 5.60. The van der Waals surface area contributed by atoms with Crippen molar-refractivity contribution in [3.8, 4) is 5.13 Å². The number of ether oxygens (including phenoxy) is 1. The van der Waals surface area contributed by atoms with Crippen LogP contribution in [0.15, 0.2) is 23.1 Å². The minimum Gasteiger partial charge on any atom is -0.462 e. The Kier molecular flexibility index (Phi) is 4.10. The van der Waals surface area contributed by atoms with Crippen molar-refractivity contribution in [2.45, 2.75) is 13.8 Å². The lowest BCUT2D eigenvalue weighted by Gasteiger charge is -2.10. The third kappa shape index (κ3) is 2.67. The van der Waals surface area contributed by atoms with Gasteiger partial charge in [0.2, 0.25) is 10.6 Å². The van der Waals surface area contributed by atoms with Crippen molar-refractivity contribution in [1.82, 2.24) is 13.9 Å². The van der Waals surface area contributed by atoms with Crippen LogP contribution in [0.3, 0.4) is 0 Å². The van der Waals surface area contributed by atoms with Gasteiger partial charge in [-0.3, -0.25) is 9.36 Å². The smallest absolute Gasteiger partial charge is 0.343 e. The summed E-state index contributed by atoms with van der Waals surface area (Å²) in [6.45, 7) is 3.34. The van der Waals surface area contributed by atoms with E-state index in [1.165, 1.54) is 10.8 Å². The van der Waals surface area contributed by atoms with Crippen LogP contribution >= 0.6 is 11.5 Å². The van der Waals surface area contributed by atoms with Gasteiger partial charge in [-0.05, 0) is 19.9 Å². The molecule has 0 aliphatic carbocycles. The lowest BCUT2D eigenvalue weighted by atomic mass is 10.1. The van der Waals surface area contributed by atoms with Crippen LogP contribution in [-0.2, 0) is 4.74 Å². The Bertz CT molecular complexity index is 1010. The van der Waals surface area contributed by atoms with Crippen LogP contribution in [0, 0.1) is 18.6 Å². The lowest BCUT2D eigenvalue weighted by molar-refractivity contribution is 0.0524. The highest BCUT2D eigenvalue weighted by atomic mass is 32.1. The summed E-state index contributed by atoms with van der Waals surface area (Å²) in [5.74, 6) is -2.66. The number of esters is 1. The first-order valence-electron chi connectivity index (χ1n) is 6.94. The van der Waals surface area contributed by atoms with Gasteiger partial charge in [-0.1, -0.05) is 0 Å². The molecule has 0 radical (unpaired) electrons. The molecule has 1 aromatic carbocycles. The van der Waals surface area contributed by atoms with E-state index in [-0.39, 0.29) is 23.1 Å². The van der Waals surface area contributed by atoms with Gasteiger partial charge in [0, 0.05) is 23.8 Å². The number of benzene rings is 1. The second kappa shape index (κ2) is 6.08. The molecule has 9 heteroatoms. The third-order valence-corrected chi connectivity index (χ3v) is 4.07. The Morgan fingerprint density at radius 1 is 1.33 bits per heavy atom. The number of carbonyl (C=O) groups excluding carboxylic acids is 1. The first-order valence-corrected chi connectivity index (χ1v) is 7.72. The van der Waals surface area contributed by atoms with E-state index >= 15 is 0 Å². The molecule has 24 heavy (non-hydrogen) atoms.